The minimum absolute atomic E-state index is 0.00190. The van der Waals surface area contributed by atoms with Crippen LogP contribution in [0, 0.1) is 5.92 Å². The fraction of sp³-hybridized carbons (Fsp3) is 0.684. The third-order valence-electron chi connectivity index (χ3n) is 5.38. The number of carbonyl (C=O) groups is 2. The lowest BCUT2D eigenvalue weighted by molar-refractivity contribution is -0.406. The van der Waals surface area contributed by atoms with Crippen LogP contribution in [0.4, 0.5) is 57.7 Å². The fourth-order valence-electron chi connectivity index (χ4n) is 3.32. The molecule has 206 valence electrons. The number of hydrogen-bond donors (Lipinski definition) is 1. The zero-order valence-corrected chi connectivity index (χ0v) is 19.0. The number of carbonyl (C=O) groups excluding carboxylic acids is 2. The first kappa shape index (κ1) is 30.0. The van der Waals surface area contributed by atoms with Crippen LogP contribution in [0.2, 0.25) is 0 Å². The van der Waals surface area contributed by atoms with E-state index in [-0.39, 0.29) is 30.9 Å². The number of fused-ring (bicyclic) bond motifs is 1. The number of hydrogen-bond acceptors (Lipinski definition) is 4. The van der Waals surface area contributed by atoms with Gasteiger partial charge in [0.05, 0.1) is 12.2 Å². The highest BCUT2D eigenvalue weighted by molar-refractivity contribution is 7.17. The Kier molecular flexibility index (Phi) is 8.00. The minimum atomic E-state index is -7.84. The second-order valence-electron chi connectivity index (χ2n) is 7.95. The summed E-state index contributed by atoms with van der Waals surface area (Å²) in [7, 11) is 0. The third kappa shape index (κ3) is 4.51. The Morgan fingerprint density at radius 1 is 1.00 bits per heavy atom. The molecule has 4 nitrogen and oxygen atoms in total. The van der Waals surface area contributed by atoms with Gasteiger partial charge in [0.2, 0.25) is 0 Å². The second kappa shape index (κ2) is 9.59. The first-order valence-corrected chi connectivity index (χ1v) is 10.8. The van der Waals surface area contributed by atoms with Gasteiger partial charge in [-0.3, -0.25) is 4.79 Å². The van der Waals surface area contributed by atoms with Crippen molar-refractivity contribution in [3.63, 3.8) is 0 Å². The van der Waals surface area contributed by atoms with Crippen LogP contribution < -0.4 is 5.32 Å². The van der Waals surface area contributed by atoms with Gasteiger partial charge in [0.25, 0.3) is 0 Å². The molecular formula is C19H17F12NO3S. The van der Waals surface area contributed by atoms with E-state index >= 15 is 0 Å². The molecule has 2 rings (SSSR count). The van der Waals surface area contributed by atoms with Crippen molar-refractivity contribution in [1.82, 2.24) is 0 Å². The average molecular weight is 567 g/mol. The average Bonchev–Trinajstić information content (AvgIpc) is 3.09. The van der Waals surface area contributed by atoms with Crippen molar-refractivity contribution in [3.05, 3.63) is 16.0 Å². The van der Waals surface area contributed by atoms with Crippen LogP contribution in [-0.4, -0.2) is 54.5 Å². The van der Waals surface area contributed by atoms with Crippen molar-refractivity contribution < 1.29 is 67.0 Å². The van der Waals surface area contributed by atoms with E-state index in [1.807, 2.05) is 0 Å². The Labute approximate surface area is 199 Å². The van der Waals surface area contributed by atoms with E-state index < -0.39 is 58.5 Å². The summed E-state index contributed by atoms with van der Waals surface area (Å²) in [5.74, 6) is -41.7. The molecule has 1 unspecified atom stereocenters. The molecule has 0 fully saturated rings. The predicted octanol–water partition coefficient (Wildman–Crippen LogP) is 6.43. The van der Waals surface area contributed by atoms with Gasteiger partial charge in [-0.25, -0.2) is 13.6 Å². The van der Waals surface area contributed by atoms with Crippen molar-refractivity contribution in [2.24, 2.45) is 5.92 Å². The number of halogens is 12. The Hall–Kier alpha value is -2.20. The lowest BCUT2D eigenvalue weighted by Crippen LogP contribution is -2.70. The maximum absolute atomic E-state index is 14.2. The molecule has 0 radical (unpaired) electrons. The molecule has 0 saturated heterocycles. The molecular weight excluding hydrogens is 550 g/mol. The normalized spacial score (nSPS) is 17.7. The van der Waals surface area contributed by atoms with E-state index in [2.05, 4.69) is 0 Å². The van der Waals surface area contributed by atoms with Gasteiger partial charge in [-0.2, -0.15) is 43.9 Å². The molecule has 0 spiro atoms. The van der Waals surface area contributed by atoms with Crippen LogP contribution in [0.15, 0.2) is 0 Å². The molecule has 0 aliphatic heterocycles. The molecule has 0 saturated carbocycles. The smallest absolute Gasteiger partial charge is 0.393 e. The first-order valence-electron chi connectivity index (χ1n) is 9.98. The number of anilines is 1. The summed E-state index contributed by atoms with van der Waals surface area (Å²) < 4.78 is 166. The van der Waals surface area contributed by atoms with Crippen molar-refractivity contribution in [3.8, 4) is 0 Å². The molecule has 1 heterocycles. The highest BCUT2D eigenvalue weighted by Gasteiger charge is 2.89. The van der Waals surface area contributed by atoms with E-state index in [1.54, 1.807) is 6.92 Å². The second-order valence-corrected chi connectivity index (χ2v) is 9.06. The number of esters is 1. The maximum Gasteiger partial charge on any atom is 0.393 e. The molecule has 1 aliphatic carbocycles. The van der Waals surface area contributed by atoms with Gasteiger partial charge >= 0.3 is 47.9 Å². The van der Waals surface area contributed by atoms with Crippen LogP contribution in [0.5, 0.6) is 0 Å². The highest BCUT2D eigenvalue weighted by atomic mass is 32.1. The van der Waals surface area contributed by atoms with Gasteiger partial charge in [0.1, 0.15) is 5.00 Å². The summed E-state index contributed by atoms with van der Waals surface area (Å²) in [4.78, 5) is 24.6. The fourth-order valence-corrected chi connectivity index (χ4v) is 4.72. The minimum Gasteiger partial charge on any atom is -0.462 e. The van der Waals surface area contributed by atoms with Gasteiger partial charge in [-0.1, -0.05) is 6.92 Å². The van der Waals surface area contributed by atoms with Gasteiger partial charge < -0.3 is 10.1 Å². The lowest BCUT2D eigenvalue weighted by atomic mass is 9.88. The number of alkyl halides is 12. The predicted molar refractivity (Wildman–Crippen MR) is 101 cm³/mol. The molecule has 1 N–H and O–H groups in total. The number of rotatable bonds is 9. The number of thiophene rings is 1. The van der Waals surface area contributed by atoms with Crippen LogP contribution >= 0.6 is 11.3 Å². The van der Waals surface area contributed by atoms with Crippen molar-refractivity contribution in [1.29, 1.82) is 0 Å². The summed E-state index contributed by atoms with van der Waals surface area (Å²) in [5.41, 5.74) is -0.368. The van der Waals surface area contributed by atoms with Crippen molar-refractivity contribution in [2.45, 2.75) is 69.1 Å². The molecule has 0 bridgehead atoms. The quantitative estimate of drug-likeness (QED) is 0.277. The van der Waals surface area contributed by atoms with Gasteiger partial charge in [-0.05, 0) is 37.7 Å². The summed E-state index contributed by atoms with van der Waals surface area (Å²) in [6.45, 7) is 2.83. The van der Waals surface area contributed by atoms with Crippen molar-refractivity contribution in [2.75, 3.05) is 11.9 Å². The Bertz CT molecular complexity index is 1010. The molecule has 36 heavy (non-hydrogen) atoms. The summed E-state index contributed by atoms with van der Waals surface area (Å²) >= 11 is 0.430. The number of ether oxygens (including phenoxy) is 1. The molecule has 0 aromatic carbocycles. The SMILES string of the molecule is CCOC(=O)c1c(NC(=O)C(F)(F)C(F)(F)C(F)(F)C(F)(F)C(F)(F)C(F)F)sc2c1CCC(C)C2. The summed E-state index contributed by atoms with van der Waals surface area (Å²) in [5, 5.41) is 0.228. The Morgan fingerprint density at radius 3 is 2.06 bits per heavy atom. The van der Waals surface area contributed by atoms with Gasteiger partial charge in [0, 0.05) is 4.88 Å². The van der Waals surface area contributed by atoms with E-state index in [4.69, 9.17) is 4.74 Å². The molecule has 1 aliphatic rings. The lowest BCUT2D eigenvalue weighted by Gasteiger charge is -2.38. The van der Waals surface area contributed by atoms with Crippen LogP contribution in [0.3, 0.4) is 0 Å². The molecule has 1 aromatic rings. The number of amides is 1. The highest BCUT2D eigenvalue weighted by Crippen LogP contribution is 2.58. The molecule has 1 amide bonds. The molecule has 1 aromatic heterocycles. The monoisotopic (exact) mass is 567 g/mol. The summed E-state index contributed by atoms with van der Waals surface area (Å²) in [6.07, 6.45) is -4.79. The third-order valence-corrected chi connectivity index (χ3v) is 6.55. The summed E-state index contributed by atoms with van der Waals surface area (Å²) in [6, 6.07) is 0. The van der Waals surface area contributed by atoms with E-state index in [0.717, 1.165) is 5.32 Å². The van der Waals surface area contributed by atoms with E-state index in [9.17, 15) is 62.3 Å². The van der Waals surface area contributed by atoms with E-state index in [0.29, 0.717) is 22.6 Å². The Morgan fingerprint density at radius 2 is 1.56 bits per heavy atom. The van der Waals surface area contributed by atoms with E-state index in [1.165, 1.54) is 6.92 Å². The molecule has 17 heteroatoms. The van der Waals surface area contributed by atoms with Crippen LogP contribution in [-0.2, 0) is 22.4 Å². The zero-order chi connectivity index (χ0) is 28.1. The number of nitrogens with one attached hydrogen (secondary N) is 1. The van der Waals surface area contributed by atoms with Gasteiger partial charge in [-0.15, -0.1) is 11.3 Å². The topological polar surface area (TPSA) is 55.4 Å². The maximum atomic E-state index is 14.2. The molecule has 1 atom stereocenters. The Balaban J connectivity index is 2.51. The van der Waals surface area contributed by atoms with Crippen molar-refractivity contribution >= 4 is 28.2 Å². The van der Waals surface area contributed by atoms with Gasteiger partial charge in [0.15, 0.2) is 0 Å². The van der Waals surface area contributed by atoms with Crippen LogP contribution in [0.25, 0.3) is 0 Å². The largest absolute Gasteiger partial charge is 0.462 e. The zero-order valence-electron chi connectivity index (χ0n) is 18.2. The first-order chi connectivity index (χ1) is 16.2. The van der Waals surface area contributed by atoms with Crippen LogP contribution in [0.1, 0.15) is 41.1 Å². The standard InChI is InChI=1S/C19H17F12NO3S/c1-3-35-12(33)10-8-5-4-7(2)6-9(8)36-11(10)32-14(34)16(24,25)18(28,29)19(30,31)17(26,27)15(22,23)13(20)21/h7,13H,3-6H2,1-2H3,(H,32,34).